The van der Waals surface area contributed by atoms with Gasteiger partial charge in [-0.05, 0) is 67.1 Å². The largest absolute Gasteiger partial charge is 0.454 e. The van der Waals surface area contributed by atoms with Crippen molar-refractivity contribution in [2.45, 2.75) is 30.6 Å². The summed E-state index contributed by atoms with van der Waals surface area (Å²) in [4.78, 5) is 24.9. The molecule has 1 saturated heterocycles. The Kier molecular flexibility index (Phi) is 6.50. The van der Waals surface area contributed by atoms with E-state index in [0.717, 1.165) is 19.3 Å². The number of hydrogen-bond donors (Lipinski definition) is 0. The second-order valence-corrected chi connectivity index (χ2v) is 9.67. The van der Waals surface area contributed by atoms with Gasteiger partial charge in [0.25, 0.3) is 0 Å². The number of rotatable bonds is 6. The lowest BCUT2D eigenvalue weighted by Gasteiger charge is -2.26. The van der Waals surface area contributed by atoms with Crippen LogP contribution in [0.2, 0.25) is 0 Å². The number of ether oxygens (including phenoxy) is 2. The molecule has 0 radical (unpaired) electrons. The number of hydrogen-bond acceptors (Lipinski definition) is 6. The second kappa shape index (κ2) is 9.30. The van der Waals surface area contributed by atoms with Crippen molar-refractivity contribution in [1.82, 2.24) is 4.31 Å². The van der Waals surface area contributed by atoms with Crippen LogP contribution in [0, 0.1) is 0 Å². The number of fused-ring (bicyclic) bond motifs is 1. The van der Waals surface area contributed by atoms with Crippen molar-refractivity contribution in [3.63, 3.8) is 0 Å². The van der Waals surface area contributed by atoms with Gasteiger partial charge in [-0.2, -0.15) is 4.31 Å². The van der Waals surface area contributed by atoms with E-state index in [1.807, 2.05) is 12.1 Å². The quantitative estimate of drug-likeness (QED) is 0.504. The fourth-order valence-electron chi connectivity index (χ4n) is 3.90. The topological polar surface area (TPSA) is 90.0 Å². The third kappa shape index (κ3) is 4.87. The first kappa shape index (κ1) is 21.7. The smallest absolute Gasteiger partial charge is 0.338 e. The highest BCUT2D eigenvalue weighted by atomic mass is 32.2. The fraction of sp³-hybridized carbons (Fsp3) is 0.391. The highest BCUT2D eigenvalue weighted by Crippen LogP contribution is 2.23. The molecule has 4 rings (SSSR count). The molecule has 0 atom stereocenters. The highest BCUT2D eigenvalue weighted by molar-refractivity contribution is 7.89. The molecule has 0 spiro atoms. The summed E-state index contributed by atoms with van der Waals surface area (Å²) in [5, 5.41) is 0. The predicted molar refractivity (Wildman–Crippen MR) is 114 cm³/mol. The lowest BCUT2D eigenvalue weighted by atomic mass is 9.90. The number of carbonyl (C=O) groups is 2. The summed E-state index contributed by atoms with van der Waals surface area (Å²) in [5.74, 6) is -0.921. The maximum Gasteiger partial charge on any atom is 0.338 e. The van der Waals surface area contributed by atoms with Crippen LogP contribution in [0.1, 0.15) is 44.7 Å². The molecule has 1 aliphatic carbocycles. The highest BCUT2D eigenvalue weighted by Gasteiger charge is 2.26. The molecule has 164 valence electrons. The summed E-state index contributed by atoms with van der Waals surface area (Å²) < 4.78 is 37.0. The summed E-state index contributed by atoms with van der Waals surface area (Å²) in [5.41, 5.74) is 3.21. The van der Waals surface area contributed by atoms with Crippen LogP contribution in [-0.4, -0.2) is 57.4 Å². The summed E-state index contributed by atoms with van der Waals surface area (Å²) in [6.07, 6.45) is 4.30. The van der Waals surface area contributed by atoms with Crippen molar-refractivity contribution in [1.29, 1.82) is 0 Å². The first-order valence-corrected chi connectivity index (χ1v) is 11.9. The fourth-order valence-corrected chi connectivity index (χ4v) is 5.31. The number of sulfonamides is 1. The van der Waals surface area contributed by atoms with Crippen molar-refractivity contribution in [3.05, 3.63) is 64.7 Å². The molecule has 0 amide bonds. The monoisotopic (exact) mass is 443 g/mol. The Balaban J connectivity index is 1.37. The van der Waals surface area contributed by atoms with Crippen LogP contribution in [0.3, 0.4) is 0 Å². The molecule has 0 unspecified atom stereocenters. The van der Waals surface area contributed by atoms with E-state index in [0.29, 0.717) is 31.9 Å². The number of ketones is 1. The average Bonchev–Trinajstić information content (AvgIpc) is 2.82. The van der Waals surface area contributed by atoms with Gasteiger partial charge in [-0.1, -0.05) is 12.1 Å². The molecule has 2 aromatic rings. The van der Waals surface area contributed by atoms with Crippen molar-refractivity contribution < 1.29 is 27.5 Å². The van der Waals surface area contributed by atoms with Crippen LogP contribution in [0.5, 0.6) is 0 Å². The number of morpholine rings is 1. The Morgan fingerprint density at radius 3 is 2.26 bits per heavy atom. The summed E-state index contributed by atoms with van der Waals surface area (Å²) in [6.45, 7) is 0.975. The normalized spacial score (nSPS) is 17.0. The molecule has 8 heteroatoms. The van der Waals surface area contributed by atoms with E-state index < -0.39 is 16.0 Å². The van der Waals surface area contributed by atoms with E-state index >= 15 is 0 Å². The van der Waals surface area contributed by atoms with Crippen molar-refractivity contribution >= 4 is 21.8 Å². The van der Waals surface area contributed by atoms with Gasteiger partial charge in [-0.15, -0.1) is 0 Å². The van der Waals surface area contributed by atoms with E-state index in [-0.39, 0.29) is 22.8 Å². The van der Waals surface area contributed by atoms with E-state index in [9.17, 15) is 18.0 Å². The molecule has 1 fully saturated rings. The molecule has 1 heterocycles. The summed E-state index contributed by atoms with van der Waals surface area (Å²) in [6, 6.07) is 11.2. The minimum atomic E-state index is -3.63. The predicted octanol–water partition coefficient (Wildman–Crippen LogP) is 2.63. The third-order valence-electron chi connectivity index (χ3n) is 5.70. The number of Topliss-reactive ketones (excluding diaryl/α,β-unsaturated/α-hetero) is 1. The molecule has 0 bridgehead atoms. The maximum absolute atomic E-state index is 12.7. The number of esters is 1. The minimum absolute atomic E-state index is 0.107. The summed E-state index contributed by atoms with van der Waals surface area (Å²) >= 11 is 0. The second-order valence-electron chi connectivity index (χ2n) is 7.73. The third-order valence-corrected chi connectivity index (χ3v) is 7.62. The van der Waals surface area contributed by atoms with Crippen molar-refractivity contribution in [3.8, 4) is 0 Å². The van der Waals surface area contributed by atoms with E-state index in [4.69, 9.17) is 9.47 Å². The number of carbonyl (C=O) groups excluding carboxylic acids is 2. The first-order chi connectivity index (χ1) is 14.9. The molecule has 0 aromatic heterocycles. The number of aryl methyl sites for hydroxylation is 2. The minimum Gasteiger partial charge on any atom is -0.454 e. The van der Waals surface area contributed by atoms with Gasteiger partial charge in [0.15, 0.2) is 12.4 Å². The standard InChI is InChI=1S/C23H25NO6S/c25-22(20-6-5-17-3-1-2-4-19(17)15-20)16-30-23(26)18-7-9-21(10-8-18)31(27,28)24-11-13-29-14-12-24/h5-10,15H,1-4,11-14,16H2. The van der Waals surface area contributed by atoms with E-state index in [1.54, 1.807) is 6.07 Å². The zero-order valence-electron chi connectivity index (χ0n) is 17.2. The van der Waals surface area contributed by atoms with Crippen LogP contribution < -0.4 is 0 Å². The Morgan fingerprint density at radius 1 is 0.903 bits per heavy atom. The van der Waals surface area contributed by atoms with Crippen LogP contribution >= 0.6 is 0 Å². The summed E-state index contributed by atoms with van der Waals surface area (Å²) in [7, 11) is -3.63. The van der Waals surface area contributed by atoms with Gasteiger partial charge in [0.1, 0.15) is 0 Å². The van der Waals surface area contributed by atoms with Gasteiger partial charge in [-0.25, -0.2) is 13.2 Å². The Labute approximate surface area is 182 Å². The van der Waals surface area contributed by atoms with Gasteiger partial charge in [-0.3, -0.25) is 4.79 Å². The lowest BCUT2D eigenvalue weighted by Crippen LogP contribution is -2.40. The molecule has 2 aromatic carbocycles. The first-order valence-electron chi connectivity index (χ1n) is 10.5. The average molecular weight is 444 g/mol. The molecular weight excluding hydrogens is 418 g/mol. The molecule has 0 saturated carbocycles. The van der Waals surface area contributed by atoms with E-state index in [2.05, 4.69) is 0 Å². The zero-order valence-corrected chi connectivity index (χ0v) is 18.0. The molecule has 1 aliphatic heterocycles. The molecular formula is C23H25NO6S. The SMILES string of the molecule is O=C(COC(=O)c1ccc(S(=O)(=O)N2CCOCC2)cc1)c1ccc2c(c1)CCCC2. The number of benzene rings is 2. The van der Waals surface area contributed by atoms with Crippen LogP contribution in [0.25, 0.3) is 0 Å². The maximum atomic E-state index is 12.7. The Hall–Kier alpha value is -2.55. The zero-order chi connectivity index (χ0) is 21.8. The molecule has 2 aliphatic rings. The van der Waals surface area contributed by atoms with Gasteiger partial charge in [0.05, 0.1) is 23.7 Å². The Morgan fingerprint density at radius 2 is 1.55 bits per heavy atom. The van der Waals surface area contributed by atoms with Crippen molar-refractivity contribution in [2.75, 3.05) is 32.9 Å². The van der Waals surface area contributed by atoms with Crippen LogP contribution in [0.15, 0.2) is 47.4 Å². The van der Waals surface area contributed by atoms with Crippen LogP contribution in [-0.2, 0) is 32.3 Å². The van der Waals surface area contributed by atoms with Crippen LogP contribution in [0.4, 0.5) is 0 Å². The van der Waals surface area contributed by atoms with E-state index in [1.165, 1.54) is 46.1 Å². The molecule has 7 nitrogen and oxygen atoms in total. The number of nitrogens with zero attached hydrogens (tertiary/aromatic N) is 1. The molecule has 0 N–H and O–H groups in total. The van der Waals surface area contributed by atoms with Gasteiger partial charge in [0, 0.05) is 18.7 Å². The Bertz CT molecular complexity index is 1070. The van der Waals surface area contributed by atoms with Gasteiger partial charge in [0.2, 0.25) is 10.0 Å². The van der Waals surface area contributed by atoms with Gasteiger partial charge < -0.3 is 9.47 Å². The van der Waals surface area contributed by atoms with Crippen molar-refractivity contribution in [2.24, 2.45) is 0 Å². The van der Waals surface area contributed by atoms with Gasteiger partial charge >= 0.3 is 5.97 Å². The molecule has 31 heavy (non-hydrogen) atoms. The lowest BCUT2D eigenvalue weighted by molar-refractivity contribution is 0.0474.